The van der Waals surface area contributed by atoms with Crippen LogP contribution in [0.15, 0.2) is 5.11 Å². The summed E-state index contributed by atoms with van der Waals surface area (Å²) in [6.07, 6.45) is 1.47. The fraction of sp³-hybridized carbons (Fsp3) is 0.714. The average Bonchev–Trinajstić information content (AvgIpc) is 2.10. The van der Waals surface area contributed by atoms with Crippen molar-refractivity contribution in [2.45, 2.75) is 19.3 Å². The van der Waals surface area contributed by atoms with E-state index in [0.717, 1.165) is 4.90 Å². The Morgan fingerprint density at radius 3 is 2.54 bits per heavy atom. The molecule has 0 atom stereocenters. The number of piperidine rings is 1. The molecular formula is C7H10N4O2. The van der Waals surface area contributed by atoms with Gasteiger partial charge in [-0.25, -0.2) is 0 Å². The maximum atomic E-state index is 11.2. The zero-order valence-corrected chi connectivity index (χ0v) is 7.14. The summed E-state index contributed by atoms with van der Waals surface area (Å²) in [6.45, 7) is 0.371. The Hall–Kier alpha value is -1.55. The van der Waals surface area contributed by atoms with Gasteiger partial charge in [0, 0.05) is 30.8 Å². The van der Waals surface area contributed by atoms with Crippen LogP contribution in [0.1, 0.15) is 19.3 Å². The lowest BCUT2D eigenvalue weighted by Crippen LogP contribution is -2.41. The van der Waals surface area contributed by atoms with E-state index in [1.807, 2.05) is 0 Å². The van der Waals surface area contributed by atoms with Crippen molar-refractivity contribution in [3.8, 4) is 0 Å². The van der Waals surface area contributed by atoms with Crippen molar-refractivity contribution in [3.63, 3.8) is 0 Å². The van der Waals surface area contributed by atoms with Gasteiger partial charge in [0.15, 0.2) is 0 Å². The van der Waals surface area contributed by atoms with Crippen LogP contribution in [0.25, 0.3) is 10.4 Å². The Balaban J connectivity index is 2.49. The van der Waals surface area contributed by atoms with Gasteiger partial charge < -0.3 is 0 Å². The standard InChI is InChI=1S/C7H10N4O2/c8-10-9-4-5-11-6(12)2-1-3-7(11)13/h1-5H2. The quantitative estimate of drug-likeness (QED) is 0.280. The second-order valence-electron chi connectivity index (χ2n) is 2.75. The van der Waals surface area contributed by atoms with E-state index in [-0.39, 0.29) is 24.9 Å². The number of nitrogens with zero attached hydrogens (tertiary/aromatic N) is 4. The minimum absolute atomic E-state index is 0.161. The Labute approximate surface area is 75.1 Å². The van der Waals surface area contributed by atoms with Gasteiger partial charge in [-0.05, 0) is 12.0 Å². The van der Waals surface area contributed by atoms with Crippen LogP contribution in [-0.4, -0.2) is 29.8 Å². The molecule has 1 aliphatic rings. The minimum atomic E-state index is -0.163. The summed E-state index contributed by atoms with van der Waals surface area (Å²) in [4.78, 5) is 26.0. The molecule has 0 spiro atoms. The highest BCUT2D eigenvalue weighted by Crippen LogP contribution is 2.11. The summed E-state index contributed by atoms with van der Waals surface area (Å²) in [7, 11) is 0. The van der Waals surface area contributed by atoms with Crippen molar-refractivity contribution in [2.24, 2.45) is 5.11 Å². The van der Waals surface area contributed by atoms with Gasteiger partial charge in [0.05, 0.1) is 0 Å². The molecule has 0 unspecified atom stereocenters. The molecule has 0 saturated carbocycles. The Kier molecular flexibility index (Phi) is 3.28. The molecule has 0 N–H and O–H groups in total. The molecule has 0 aromatic heterocycles. The van der Waals surface area contributed by atoms with Crippen LogP contribution in [0.5, 0.6) is 0 Å². The lowest BCUT2D eigenvalue weighted by atomic mass is 10.1. The number of carbonyl (C=O) groups is 2. The predicted molar refractivity (Wildman–Crippen MR) is 44.6 cm³/mol. The lowest BCUT2D eigenvalue weighted by Gasteiger charge is -2.23. The van der Waals surface area contributed by atoms with Gasteiger partial charge in [0.2, 0.25) is 11.8 Å². The molecule has 6 nitrogen and oxygen atoms in total. The summed E-state index contributed by atoms with van der Waals surface area (Å²) >= 11 is 0. The number of rotatable bonds is 3. The molecule has 6 heteroatoms. The van der Waals surface area contributed by atoms with Gasteiger partial charge in [-0.2, -0.15) is 0 Å². The number of carbonyl (C=O) groups excluding carboxylic acids is 2. The molecule has 2 amide bonds. The van der Waals surface area contributed by atoms with E-state index in [9.17, 15) is 9.59 Å². The van der Waals surface area contributed by atoms with Gasteiger partial charge in [-0.3, -0.25) is 14.5 Å². The normalized spacial score (nSPS) is 17.1. The van der Waals surface area contributed by atoms with E-state index in [0.29, 0.717) is 19.3 Å². The number of imide groups is 1. The largest absolute Gasteiger partial charge is 0.283 e. The number of hydrogen-bond acceptors (Lipinski definition) is 3. The molecule has 0 radical (unpaired) electrons. The Bertz CT molecular complexity index is 254. The Morgan fingerprint density at radius 2 is 2.00 bits per heavy atom. The highest BCUT2D eigenvalue weighted by molar-refractivity contribution is 5.97. The van der Waals surface area contributed by atoms with Gasteiger partial charge in [0.25, 0.3) is 0 Å². The van der Waals surface area contributed by atoms with Crippen LogP contribution in [0, 0.1) is 0 Å². The molecule has 1 saturated heterocycles. The van der Waals surface area contributed by atoms with Crippen LogP contribution in [0.4, 0.5) is 0 Å². The second-order valence-corrected chi connectivity index (χ2v) is 2.75. The summed E-state index contributed by atoms with van der Waals surface area (Å²) in [5.41, 5.74) is 8.00. The summed E-state index contributed by atoms with van der Waals surface area (Å²) in [5.74, 6) is -0.325. The molecule has 0 aromatic rings. The fourth-order valence-electron chi connectivity index (χ4n) is 1.24. The van der Waals surface area contributed by atoms with Crippen LogP contribution >= 0.6 is 0 Å². The first-order chi connectivity index (χ1) is 6.25. The van der Waals surface area contributed by atoms with Crippen molar-refractivity contribution in [1.82, 2.24) is 4.90 Å². The van der Waals surface area contributed by atoms with Crippen molar-refractivity contribution in [3.05, 3.63) is 10.4 Å². The number of azide groups is 1. The van der Waals surface area contributed by atoms with Crippen LogP contribution < -0.4 is 0 Å². The SMILES string of the molecule is [N-]=[N+]=NCCN1C(=O)CCCC1=O. The molecule has 13 heavy (non-hydrogen) atoms. The maximum absolute atomic E-state index is 11.2. The van der Waals surface area contributed by atoms with E-state index >= 15 is 0 Å². The van der Waals surface area contributed by atoms with E-state index in [1.54, 1.807) is 0 Å². The topological polar surface area (TPSA) is 86.1 Å². The second kappa shape index (κ2) is 4.47. The van der Waals surface area contributed by atoms with Crippen molar-refractivity contribution in [2.75, 3.05) is 13.1 Å². The van der Waals surface area contributed by atoms with Crippen LogP contribution in [-0.2, 0) is 9.59 Å². The highest BCUT2D eigenvalue weighted by atomic mass is 16.2. The number of hydrogen-bond donors (Lipinski definition) is 0. The van der Waals surface area contributed by atoms with Gasteiger partial charge in [-0.1, -0.05) is 5.11 Å². The number of likely N-dealkylation sites (tertiary alicyclic amines) is 1. The van der Waals surface area contributed by atoms with Gasteiger partial charge in [-0.15, -0.1) is 0 Å². The average molecular weight is 182 g/mol. The maximum Gasteiger partial charge on any atom is 0.229 e. The summed E-state index contributed by atoms with van der Waals surface area (Å²) in [5, 5.41) is 3.27. The summed E-state index contributed by atoms with van der Waals surface area (Å²) in [6, 6.07) is 0. The zero-order chi connectivity index (χ0) is 9.68. The molecule has 1 rings (SSSR count). The third kappa shape index (κ3) is 2.45. The molecule has 1 aliphatic heterocycles. The van der Waals surface area contributed by atoms with E-state index in [2.05, 4.69) is 10.0 Å². The smallest absolute Gasteiger partial charge is 0.229 e. The first-order valence-electron chi connectivity index (χ1n) is 4.10. The minimum Gasteiger partial charge on any atom is -0.283 e. The molecule has 70 valence electrons. The van der Waals surface area contributed by atoms with Gasteiger partial charge >= 0.3 is 0 Å². The molecule has 0 aliphatic carbocycles. The van der Waals surface area contributed by atoms with E-state index in [4.69, 9.17) is 5.53 Å². The molecule has 1 heterocycles. The van der Waals surface area contributed by atoms with E-state index < -0.39 is 0 Å². The van der Waals surface area contributed by atoms with Crippen molar-refractivity contribution < 1.29 is 9.59 Å². The highest BCUT2D eigenvalue weighted by Gasteiger charge is 2.24. The third-order valence-corrected chi connectivity index (χ3v) is 1.87. The molecule has 0 bridgehead atoms. The van der Waals surface area contributed by atoms with Gasteiger partial charge in [0.1, 0.15) is 0 Å². The zero-order valence-electron chi connectivity index (χ0n) is 7.14. The van der Waals surface area contributed by atoms with Crippen LogP contribution in [0.3, 0.4) is 0 Å². The first kappa shape index (κ1) is 9.54. The van der Waals surface area contributed by atoms with E-state index in [1.165, 1.54) is 0 Å². The molecular weight excluding hydrogens is 172 g/mol. The van der Waals surface area contributed by atoms with Crippen molar-refractivity contribution in [1.29, 1.82) is 0 Å². The fourth-order valence-corrected chi connectivity index (χ4v) is 1.24. The third-order valence-electron chi connectivity index (χ3n) is 1.87. The predicted octanol–water partition coefficient (Wildman–Crippen LogP) is 0.836. The molecule has 0 aromatic carbocycles. The van der Waals surface area contributed by atoms with Crippen molar-refractivity contribution >= 4 is 11.8 Å². The van der Waals surface area contributed by atoms with Crippen LogP contribution in [0.2, 0.25) is 0 Å². The first-order valence-corrected chi connectivity index (χ1v) is 4.10. The monoisotopic (exact) mass is 182 g/mol. The lowest BCUT2D eigenvalue weighted by molar-refractivity contribution is -0.147. The number of amides is 2. The summed E-state index contributed by atoms with van der Waals surface area (Å²) < 4.78 is 0. The molecule has 1 fully saturated rings. The Morgan fingerprint density at radius 1 is 1.38 bits per heavy atom.